The number of para-hydroxylation sites is 1. The number of non-ortho nitro benzene ring substituents is 1. The Morgan fingerprint density at radius 2 is 1.69 bits per heavy atom. The Kier molecular flexibility index (Phi) is 7.28. The Morgan fingerprint density at radius 3 is 2.45 bits per heavy atom. The van der Waals surface area contributed by atoms with Crippen molar-refractivity contribution in [3.05, 3.63) is 131 Å². The van der Waals surface area contributed by atoms with Crippen molar-refractivity contribution in [2.75, 3.05) is 0 Å². The number of nitro groups is 1. The molecule has 206 valence electrons. The number of pyridine rings is 1. The highest BCUT2D eigenvalue weighted by atomic mass is 16.6. The van der Waals surface area contributed by atoms with Gasteiger partial charge in [0.05, 0.1) is 22.7 Å². The van der Waals surface area contributed by atoms with Crippen LogP contribution < -0.4 is 5.32 Å². The summed E-state index contributed by atoms with van der Waals surface area (Å²) in [5.74, 6) is 0.635. The summed E-state index contributed by atoms with van der Waals surface area (Å²) in [6, 6.07) is 26.8. The number of rotatable bonds is 9. The summed E-state index contributed by atoms with van der Waals surface area (Å²) < 4.78 is 7.17. The highest BCUT2D eigenvalue weighted by Crippen LogP contribution is 2.27. The number of carbonyl (C=O) groups is 1. The second-order valence-corrected chi connectivity index (χ2v) is 9.40. The van der Waals surface area contributed by atoms with Crippen molar-refractivity contribution in [1.29, 1.82) is 0 Å². The molecule has 3 aromatic carbocycles. The molecule has 42 heavy (non-hydrogen) atoms. The van der Waals surface area contributed by atoms with Gasteiger partial charge in [-0.15, -0.1) is 0 Å². The maximum atomic E-state index is 13.1. The van der Waals surface area contributed by atoms with E-state index in [1.807, 2.05) is 60.8 Å². The molecule has 1 N–H and O–H groups in total. The molecule has 11 heteroatoms. The van der Waals surface area contributed by atoms with Crippen LogP contribution in [-0.2, 0) is 17.8 Å². The summed E-state index contributed by atoms with van der Waals surface area (Å²) in [7, 11) is 0. The minimum Gasteiger partial charge on any atom is -0.352 e. The zero-order valence-corrected chi connectivity index (χ0v) is 22.1. The third kappa shape index (κ3) is 5.80. The second-order valence-electron chi connectivity index (χ2n) is 9.40. The standard InChI is InChI=1S/C31H23N7O4/c39-28(33-19-21-5-4-6-24(17-21)31-34-30(36-42-31)23-13-15-32-16-14-23)18-25-20-37(26-7-2-1-3-8-26)35-29(25)22-9-11-27(12-10-22)38(40)41/h1-17,20H,18-19H2,(H,33,39). The van der Waals surface area contributed by atoms with Crippen LogP contribution >= 0.6 is 0 Å². The van der Waals surface area contributed by atoms with E-state index < -0.39 is 4.92 Å². The van der Waals surface area contributed by atoms with Crippen LogP contribution in [0.5, 0.6) is 0 Å². The van der Waals surface area contributed by atoms with Gasteiger partial charge in [0, 0.05) is 59.5 Å². The van der Waals surface area contributed by atoms with E-state index in [1.165, 1.54) is 12.1 Å². The molecular weight excluding hydrogens is 534 g/mol. The Balaban J connectivity index is 1.18. The predicted molar refractivity (Wildman–Crippen MR) is 154 cm³/mol. The number of amides is 1. The van der Waals surface area contributed by atoms with Crippen molar-refractivity contribution in [2.45, 2.75) is 13.0 Å². The van der Waals surface area contributed by atoms with Gasteiger partial charge in [0.1, 0.15) is 0 Å². The number of nitro benzene ring substituents is 1. The first-order valence-electron chi connectivity index (χ1n) is 13.0. The molecule has 3 aromatic heterocycles. The molecule has 0 unspecified atom stereocenters. The molecule has 0 fully saturated rings. The minimum absolute atomic E-state index is 0.0168. The summed E-state index contributed by atoms with van der Waals surface area (Å²) in [6.45, 7) is 0.289. The Labute approximate surface area is 239 Å². The summed E-state index contributed by atoms with van der Waals surface area (Å²) in [5, 5.41) is 22.9. The molecule has 0 aliphatic heterocycles. The van der Waals surface area contributed by atoms with Crippen molar-refractivity contribution < 1.29 is 14.2 Å². The van der Waals surface area contributed by atoms with Crippen LogP contribution in [0.3, 0.4) is 0 Å². The number of hydrogen-bond acceptors (Lipinski definition) is 8. The third-order valence-corrected chi connectivity index (χ3v) is 6.54. The molecule has 0 saturated carbocycles. The van der Waals surface area contributed by atoms with Crippen LogP contribution in [0.15, 0.2) is 114 Å². The van der Waals surface area contributed by atoms with Gasteiger partial charge in [0.25, 0.3) is 11.6 Å². The first kappa shape index (κ1) is 26.3. The van der Waals surface area contributed by atoms with Crippen molar-refractivity contribution in [3.63, 3.8) is 0 Å². The van der Waals surface area contributed by atoms with Gasteiger partial charge in [0.15, 0.2) is 0 Å². The summed E-state index contributed by atoms with van der Waals surface area (Å²) in [5.41, 5.74) is 5.15. The zero-order chi connectivity index (χ0) is 28.9. The fourth-order valence-corrected chi connectivity index (χ4v) is 4.45. The topological polar surface area (TPSA) is 142 Å². The second kappa shape index (κ2) is 11.6. The molecule has 6 rings (SSSR count). The van der Waals surface area contributed by atoms with Crippen molar-refractivity contribution in [1.82, 2.24) is 30.2 Å². The number of nitrogens with zero attached hydrogens (tertiary/aromatic N) is 6. The van der Waals surface area contributed by atoms with Gasteiger partial charge < -0.3 is 9.84 Å². The highest BCUT2D eigenvalue weighted by molar-refractivity contribution is 5.81. The molecule has 0 bridgehead atoms. The number of benzene rings is 3. The largest absolute Gasteiger partial charge is 0.352 e. The lowest BCUT2D eigenvalue weighted by Gasteiger charge is -2.07. The van der Waals surface area contributed by atoms with Gasteiger partial charge in [-0.3, -0.25) is 19.9 Å². The van der Waals surface area contributed by atoms with Crippen LogP contribution in [0.25, 0.3) is 39.8 Å². The molecule has 0 aliphatic rings. The molecule has 0 spiro atoms. The average molecular weight is 558 g/mol. The van der Waals surface area contributed by atoms with Crippen LogP contribution in [0.4, 0.5) is 5.69 Å². The summed E-state index contributed by atoms with van der Waals surface area (Å²) >= 11 is 0. The summed E-state index contributed by atoms with van der Waals surface area (Å²) in [6.07, 6.45) is 5.20. The first-order chi connectivity index (χ1) is 20.5. The van der Waals surface area contributed by atoms with E-state index in [1.54, 1.807) is 41.3 Å². The molecule has 11 nitrogen and oxygen atoms in total. The van der Waals surface area contributed by atoms with Crippen molar-refractivity contribution in [3.8, 4) is 39.8 Å². The quantitative estimate of drug-likeness (QED) is 0.183. The van der Waals surface area contributed by atoms with Gasteiger partial charge in [0.2, 0.25) is 11.7 Å². The van der Waals surface area contributed by atoms with E-state index in [9.17, 15) is 14.9 Å². The average Bonchev–Trinajstić information content (AvgIpc) is 3.70. The third-order valence-electron chi connectivity index (χ3n) is 6.54. The SMILES string of the molecule is O=C(Cc1cn(-c2ccccc2)nc1-c1ccc([N+](=O)[O-])cc1)NCc1cccc(-c2nc(-c3ccncc3)no2)c1. The first-order valence-corrected chi connectivity index (χ1v) is 13.0. The van der Waals surface area contributed by atoms with E-state index in [-0.39, 0.29) is 24.6 Å². The fraction of sp³-hybridized carbons (Fsp3) is 0.0645. The number of hydrogen-bond donors (Lipinski definition) is 1. The van der Waals surface area contributed by atoms with Crippen LogP contribution in [0.1, 0.15) is 11.1 Å². The van der Waals surface area contributed by atoms with E-state index in [2.05, 4.69) is 20.4 Å². The normalized spacial score (nSPS) is 10.9. The molecule has 0 atom stereocenters. The molecule has 0 radical (unpaired) electrons. The molecular formula is C31H23N7O4. The minimum atomic E-state index is -0.450. The van der Waals surface area contributed by atoms with Gasteiger partial charge in [-0.05, 0) is 54.1 Å². The Bertz CT molecular complexity index is 1850. The number of nitrogens with one attached hydrogen (secondary N) is 1. The Hall–Kier alpha value is -5.97. The molecule has 0 aliphatic carbocycles. The van der Waals surface area contributed by atoms with Gasteiger partial charge in [-0.1, -0.05) is 35.5 Å². The van der Waals surface area contributed by atoms with E-state index >= 15 is 0 Å². The maximum Gasteiger partial charge on any atom is 0.269 e. The lowest BCUT2D eigenvalue weighted by atomic mass is 10.1. The number of carbonyl (C=O) groups excluding carboxylic acids is 1. The van der Waals surface area contributed by atoms with Crippen LogP contribution in [0.2, 0.25) is 0 Å². The predicted octanol–water partition coefficient (Wildman–Crippen LogP) is 5.42. The number of aromatic nitrogens is 5. The van der Waals surface area contributed by atoms with Crippen LogP contribution in [-0.4, -0.2) is 35.7 Å². The van der Waals surface area contributed by atoms with Crippen molar-refractivity contribution >= 4 is 11.6 Å². The van der Waals surface area contributed by atoms with Gasteiger partial charge in [-0.2, -0.15) is 10.1 Å². The van der Waals surface area contributed by atoms with Gasteiger partial charge >= 0.3 is 0 Å². The van der Waals surface area contributed by atoms with E-state index in [4.69, 9.17) is 9.62 Å². The highest BCUT2D eigenvalue weighted by Gasteiger charge is 2.17. The summed E-state index contributed by atoms with van der Waals surface area (Å²) in [4.78, 5) is 32.2. The Morgan fingerprint density at radius 1 is 0.905 bits per heavy atom. The van der Waals surface area contributed by atoms with Crippen LogP contribution in [0, 0.1) is 10.1 Å². The zero-order valence-electron chi connectivity index (χ0n) is 22.1. The molecule has 3 heterocycles. The maximum absolute atomic E-state index is 13.1. The van der Waals surface area contributed by atoms with E-state index in [0.717, 1.165) is 22.4 Å². The monoisotopic (exact) mass is 557 g/mol. The molecule has 0 saturated heterocycles. The molecule has 6 aromatic rings. The molecule has 1 amide bonds. The smallest absolute Gasteiger partial charge is 0.269 e. The van der Waals surface area contributed by atoms with Crippen molar-refractivity contribution in [2.24, 2.45) is 0 Å². The van der Waals surface area contributed by atoms with Gasteiger partial charge in [-0.25, -0.2) is 4.68 Å². The van der Waals surface area contributed by atoms with E-state index in [0.29, 0.717) is 28.5 Å². The lowest BCUT2D eigenvalue weighted by molar-refractivity contribution is -0.384. The fourth-order valence-electron chi connectivity index (χ4n) is 4.45. The lowest BCUT2D eigenvalue weighted by Crippen LogP contribution is -2.24.